The van der Waals surface area contributed by atoms with Gasteiger partial charge in [0.2, 0.25) is 0 Å². The smallest absolute Gasteiger partial charge is 0.316 e. The largest absolute Gasteiger partial charge is 0.468 e. The van der Waals surface area contributed by atoms with Crippen molar-refractivity contribution in [3.63, 3.8) is 0 Å². The van der Waals surface area contributed by atoms with E-state index in [-0.39, 0.29) is 11.7 Å². The van der Waals surface area contributed by atoms with Crippen LogP contribution >= 0.6 is 27.7 Å². The Hall–Kier alpha value is -1.80. The van der Waals surface area contributed by atoms with Gasteiger partial charge in [0.25, 0.3) is 0 Å². The van der Waals surface area contributed by atoms with Gasteiger partial charge in [-0.1, -0.05) is 27.7 Å². The molecule has 1 fully saturated rings. The summed E-state index contributed by atoms with van der Waals surface area (Å²) in [6.45, 7) is 1.92. The van der Waals surface area contributed by atoms with Crippen molar-refractivity contribution in [2.24, 2.45) is 0 Å². The monoisotopic (exact) mass is 422 g/mol. The first-order valence-corrected chi connectivity index (χ1v) is 9.70. The van der Waals surface area contributed by atoms with E-state index in [2.05, 4.69) is 65.1 Å². The Balaban J connectivity index is 1.56. The third-order valence-corrected chi connectivity index (χ3v) is 5.31. The van der Waals surface area contributed by atoms with Gasteiger partial charge in [-0.05, 0) is 30.7 Å². The molecule has 0 saturated carbocycles. The van der Waals surface area contributed by atoms with E-state index in [1.54, 1.807) is 12.4 Å². The average molecular weight is 423 g/mol. The fourth-order valence-electron chi connectivity index (χ4n) is 2.65. The second-order valence-corrected chi connectivity index (χ2v) is 7.57. The van der Waals surface area contributed by atoms with Crippen LogP contribution in [0.3, 0.4) is 0 Å². The number of aromatic nitrogens is 2. The summed E-state index contributed by atoms with van der Waals surface area (Å²) in [5.41, 5.74) is 1.22. The highest BCUT2D eigenvalue weighted by Crippen LogP contribution is 2.24. The number of halogens is 1. The van der Waals surface area contributed by atoms with Crippen LogP contribution in [0.25, 0.3) is 0 Å². The summed E-state index contributed by atoms with van der Waals surface area (Å²) in [7, 11) is 1.38. The summed E-state index contributed by atoms with van der Waals surface area (Å²) in [5.74, 6) is 0.693. The van der Waals surface area contributed by atoms with E-state index in [4.69, 9.17) is 0 Å². The number of hydrogen-bond donors (Lipinski definition) is 1. The molecule has 1 unspecified atom stereocenters. The zero-order valence-electron chi connectivity index (χ0n) is 13.8. The summed E-state index contributed by atoms with van der Waals surface area (Å²) in [6, 6.07) is 8.68. The topological polar surface area (TPSA) is 67.3 Å². The number of carbonyl (C=O) groups excluding carboxylic acids is 1. The van der Waals surface area contributed by atoms with Crippen LogP contribution in [0, 0.1) is 0 Å². The molecular formula is C17H19BrN4O2S. The number of nitrogens with zero attached hydrogens (tertiary/aromatic N) is 3. The number of nitrogens with one attached hydrogen (secondary N) is 1. The predicted octanol–water partition coefficient (Wildman–Crippen LogP) is 3.20. The molecule has 1 aliphatic rings. The number of rotatable bonds is 6. The molecule has 1 aromatic heterocycles. The summed E-state index contributed by atoms with van der Waals surface area (Å²) in [5, 5.41) is 4.15. The summed E-state index contributed by atoms with van der Waals surface area (Å²) >= 11 is 4.79. The number of thioether (sulfide) groups is 1. The van der Waals surface area contributed by atoms with E-state index in [9.17, 15) is 4.79 Å². The normalized spacial score (nSPS) is 16.7. The van der Waals surface area contributed by atoms with E-state index in [1.165, 1.54) is 24.6 Å². The van der Waals surface area contributed by atoms with Crippen LogP contribution in [-0.2, 0) is 9.53 Å². The van der Waals surface area contributed by atoms with Crippen molar-refractivity contribution in [2.45, 2.75) is 17.5 Å². The Morgan fingerprint density at radius 3 is 2.96 bits per heavy atom. The lowest BCUT2D eigenvalue weighted by Gasteiger charge is -2.19. The average Bonchev–Trinajstić information content (AvgIpc) is 3.09. The molecule has 1 aliphatic heterocycles. The van der Waals surface area contributed by atoms with Gasteiger partial charge in [0.05, 0.1) is 25.3 Å². The van der Waals surface area contributed by atoms with Gasteiger partial charge < -0.3 is 15.0 Å². The molecule has 0 radical (unpaired) electrons. The third kappa shape index (κ3) is 5.09. The summed E-state index contributed by atoms with van der Waals surface area (Å²) in [4.78, 5) is 22.3. The molecule has 2 heterocycles. The van der Waals surface area contributed by atoms with Crippen molar-refractivity contribution in [1.82, 2.24) is 9.97 Å². The fraction of sp³-hybridized carbons (Fsp3) is 0.353. The van der Waals surface area contributed by atoms with Crippen LogP contribution in [0.1, 0.15) is 6.42 Å². The number of carbonyl (C=O) groups is 1. The lowest BCUT2D eigenvalue weighted by atomic mass is 10.2. The maximum absolute atomic E-state index is 11.2. The third-order valence-electron chi connectivity index (χ3n) is 3.91. The number of benzene rings is 1. The van der Waals surface area contributed by atoms with Crippen molar-refractivity contribution < 1.29 is 9.53 Å². The molecule has 132 valence electrons. The van der Waals surface area contributed by atoms with Crippen molar-refractivity contribution in [2.75, 3.05) is 36.2 Å². The molecule has 0 bridgehead atoms. The van der Waals surface area contributed by atoms with E-state index in [0.717, 1.165) is 29.8 Å². The summed E-state index contributed by atoms with van der Waals surface area (Å²) < 4.78 is 5.72. The molecule has 0 spiro atoms. The van der Waals surface area contributed by atoms with Gasteiger partial charge in [-0.25, -0.2) is 4.98 Å². The van der Waals surface area contributed by atoms with Crippen molar-refractivity contribution in [1.29, 1.82) is 0 Å². The van der Waals surface area contributed by atoms with Crippen LogP contribution in [0.5, 0.6) is 0 Å². The van der Waals surface area contributed by atoms with Gasteiger partial charge in [-0.2, -0.15) is 0 Å². The van der Waals surface area contributed by atoms with Gasteiger partial charge in [-0.15, -0.1) is 0 Å². The minimum Gasteiger partial charge on any atom is -0.468 e. The highest BCUT2D eigenvalue weighted by molar-refractivity contribution is 9.10. The Labute approximate surface area is 159 Å². The second-order valence-electron chi connectivity index (χ2n) is 5.66. The molecule has 1 saturated heterocycles. The quantitative estimate of drug-likeness (QED) is 0.566. The first-order valence-electron chi connectivity index (χ1n) is 7.93. The lowest BCUT2D eigenvalue weighted by Crippen LogP contribution is -2.26. The van der Waals surface area contributed by atoms with E-state index >= 15 is 0 Å². The van der Waals surface area contributed by atoms with Gasteiger partial charge in [0.15, 0.2) is 0 Å². The maximum atomic E-state index is 11.2. The van der Waals surface area contributed by atoms with Crippen molar-refractivity contribution in [3.05, 3.63) is 41.1 Å². The van der Waals surface area contributed by atoms with Gasteiger partial charge in [-0.3, -0.25) is 9.78 Å². The first kappa shape index (κ1) is 18.0. The highest BCUT2D eigenvalue weighted by Gasteiger charge is 2.23. The van der Waals surface area contributed by atoms with Gasteiger partial charge in [0, 0.05) is 29.3 Å². The Kier molecular flexibility index (Phi) is 6.14. The van der Waals surface area contributed by atoms with Gasteiger partial charge >= 0.3 is 5.97 Å². The second kappa shape index (κ2) is 8.53. The lowest BCUT2D eigenvalue weighted by molar-refractivity contribution is -0.137. The maximum Gasteiger partial charge on any atom is 0.316 e. The number of methoxy groups -OCH3 is 1. The molecule has 6 nitrogen and oxygen atoms in total. The summed E-state index contributed by atoms with van der Waals surface area (Å²) in [6.07, 6.45) is 4.41. The van der Waals surface area contributed by atoms with E-state index < -0.39 is 0 Å². The van der Waals surface area contributed by atoms with Crippen LogP contribution < -0.4 is 10.2 Å². The standard InChI is InChI=1S/C17H19BrN4O2S/c1-24-17(23)11-25-16-9-19-8-15(21-16)20-13-6-7-22(10-13)14-4-2-12(18)3-5-14/h2-5,8-9,13H,6-7,10-11H2,1H3,(H,20,21). The number of anilines is 2. The predicted molar refractivity (Wildman–Crippen MR) is 103 cm³/mol. The molecule has 3 rings (SSSR count). The minimum absolute atomic E-state index is 0.232. The van der Waals surface area contributed by atoms with Crippen LogP contribution in [0.4, 0.5) is 11.5 Å². The van der Waals surface area contributed by atoms with Crippen molar-refractivity contribution >= 4 is 45.2 Å². The number of esters is 1. The first-order chi connectivity index (χ1) is 12.1. The Morgan fingerprint density at radius 1 is 1.40 bits per heavy atom. The van der Waals surface area contributed by atoms with E-state index in [1.807, 2.05) is 0 Å². The molecule has 25 heavy (non-hydrogen) atoms. The molecule has 8 heteroatoms. The van der Waals surface area contributed by atoms with Crippen LogP contribution in [0.2, 0.25) is 0 Å². The fourth-order valence-corrected chi connectivity index (χ4v) is 3.60. The molecule has 0 amide bonds. The molecule has 1 N–H and O–H groups in total. The number of hydrogen-bond acceptors (Lipinski definition) is 7. The minimum atomic E-state index is -0.272. The van der Waals surface area contributed by atoms with Gasteiger partial charge in [0.1, 0.15) is 10.8 Å². The SMILES string of the molecule is COC(=O)CSc1cncc(NC2CCN(c3ccc(Br)cc3)C2)n1. The zero-order chi connectivity index (χ0) is 17.6. The molecule has 1 aromatic carbocycles. The number of ether oxygens (including phenoxy) is 1. The highest BCUT2D eigenvalue weighted by atomic mass is 79.9. The van der Waals surface area contributed by atoms with E-state index in [0.29, 0.717) is 11.1 Å². The van der Waals surface area contributed by atoms with Crippen molar-refractivity contribution in [3.8, 4) is 0 Å². The zero-order valence-corrected chi connectivity index (χ0v) is 16.2. The molecule has 2 aromatic rings. The molecule has 1 atom stereocenters. The molecule has 0 aliphatic carbocycles. The van der Waals surface area contributed by atoms with Crippen LogP contribution in [-0.4, -0.2) is 47.9 Å². The molecular weight excluding hydrogens is 404 g/mol. The Morgan fingerprint density at radius 2 is 2.20 bits per heavy atom. The van der Waals surface area contributed by atoms with Crippen LogP contribution in [0.15, 0.2) is 46.2 Å². The Bertz CT molecular complexity index is 729.